The van der Waals surface area contributed by atoms with E-state index in [9.17, 15) is 5.21 Å². The Morgan fingerprint density at radius 2 is 1.75 bits per heavy atom. The van der Waals surface area contributed by atoms with E-state index >= 15 is 0 Å². The van der Waals surface area contributed by atoms with Gasteiger partial charge in [0.05, 0.1) is 13.1 Å². The molecule has 0 N–H and O–H groups in total. The molecule has 1 aliphatic rings. The largest absolute Gasteiger partial charge is 0.632 e. The molecular weight excluding hydrogens is 198 g/mol. The average Bonchev–Trinajstić information content (AvgIpc) is 2.31. The SMILES string of the molecule is [O-][N+]1(CC#Cc2ccccc2)CCCCC1. The fraction of sp³-hybridized carbons (Fsp3) is 0.429. The van der Waals surface area contributed by atoms with Crippen LogP contribution in [0.3, 0.4) is 0 Å². The Hall–Kier alpha value is -1.30. The van der Waals surface area contributed by atoms with Gasteiger partial charge in [-0.2, -0.15) is 0 Å². The van der Waals surface area contributed by atoms with Crippen LogP contribution in [0.15, 0.2) is 30.3 Å². The van der Waals surface area contributed by atoms with Crippen LogP contribution in [-0.4, -0.2) is 24.3 Å². The van der Waals surface area contributed by atoms with Crippen molar-refractivity contribution in [3.63, 3.8) is 0 Å². The van der Waals surface area contributed by atoms with Crippen LogP contribution >= 0.6 is 0 Å². The van der Waals surface area contributed by atoms with E-state index in [0.29, 0.717) is 6.54 Å². The number of nitrogens with zero attached hydrogens (tertiary/aromatic N) is 1. The Morgan fingerprint density at radius 3 is 2.44 bits per heavy atom. The lowest BCUT2D eigenvalue weighted by Crippen LogP contribution is -2.46. The molecule has 1 aliphatic heterocycles. The Balaban J connectivity index is 1.94. The van der Waals surface area contributed by atoms with Crippen molar-refractivity contribution >= 4 is 0 Å². The van der Waals surface area contributed by atoms with Crippen molar-refractivity contribution in [2.75, 3.05) is 19.6 Å². The van der Waals surface area contributed by atoms with E-state index in [0.717, 1.165) is 31.5 Å². The van der Waals surface area contributed by atoms with Gasteiger partial charge in [-0.1, -0.05) is 24.1 Å². The summed E-state index contributed by atoms with van der Waals surface area (Å²) < 4.78 is -0.111. The molecule has 1 aromatic carbocycles. The molecule has 0 saturated carbocycles. The second-order valence-corrected chi connectivity index (χ2v) is 4.39. The van der Waals surface area contributed by atoms with Gasteiger partial charge in [-0.3, -0.25) is 0 Å². The molecule has 0 radical (unpaired) electrons. The molecule has 84 valence electrons. The van der Waals surface area contributed by atoms with Crippen molar-refractivity contribution in [1.82, 2.24) is 0 Å². The zero-order valence-corrected chi connectivity index (χ0v) is 9.48. The highest BCUT2D eigenvalue weighted by atomic mass is 16.5. The third-order valence-electron chi connectivity index (χ3n) is 3.00. The zero-order chi connectivity index (χ0) is 11.3. The molecule has 0 aliphatic carbocycles. The van der Waals surface area contributed by atoms with Gasteiger partial charge >= 0.3 is 0 Å². The summed E-state index contributed by atoms with van der Waals surface area (Å²) in [5.41, 5.74) is 0.992. The molecule has 2 nitrogen and oxygen atoms in total. The van der Waals surface area contributed by atoms with E-state index in [1.54, 1.807) is 0 Å². The Morgan fingerprint density at radius 1 is 1.06 bits per heavy atom. The number of piperidine rings is 1. The predicted octanol–water partition coefficient (Wildman–Crippen LogP) is 2.54. The van der Waals surface area contributed by atoms with Gasteiger partial charge in [0, 0.05) is 5.56 Å². The molecule has 1 heterocycles. The first-order valence-electron chi connectivity index (χ1n) is 5.90. The first-order chi connectivity index (χ1) is 7.79. The summed E-state index contributed by atoms with van der Waals surface area (Å²) in [4.78, 5) is 0. The number of benzene rings is 1. The lowest BCUT2D eigenvalue weighted by Gasteiger charge is -2.43. The number of hydrogen-bond acceptors (Lipinski definition) is 1. The fourth-order valence-corrected chi connectivity index (χ4v) is 2.05. The maximum absolute atomic E-state index is 12.1. The summed E-state index contributed by atoms with van der Waals surface area (Å²) in [6, 6.07) is 9.84. The second kappa shape index (κ2) is 5.16. The van der Waals surface area contributed by atoms with Crippen molar-refractivity contribution in [3.05, 3.63) is 41.1 Å². The maximum atomic E-state index is 12.1. The van der Waals surface area contributed by atoms with Crippen LogP contribution in [0.4, 0.5) is 0 Å². The standard InChI is InChI=1S/C14H17NO/c16-15(11-5-2-6-12-15)13-7-10-14-8-3-1-4-9-14/h1,3-4,8-9H,2,5-6,11-13H2. The monoisotopic (exact) mass is 215 g/mol. The number of rotatable bonds is 1. The van der Waals surface area contributed by atoms with Crippen molar-refractivity contribution in [1.29, 1.82) is 0 Å². The fourth-order valence-electron chi connectivity index (χ4n) is 2.05. The minimum absolute atomic E-state index is 0.111. The van der Waals surface area contributed by atoms with E-state index in [4.69, 9.17) is 0 Å². The molecule has 0 amide bonds. The van der Waals surface area contributed by atoms with Gasteiger partial charge in [-0.25, -0.2) is 0 Å². The van der Waals surface area contributed by atoms with Crippen LogP contribution in [0.25, 0.3) is 0 Å². The molecule has 1 saturated heterocycles. The average molecular weight is 215 g/mol. The quantitative estimate of drug-likeness (QED) is 0.401. The molecule has 0 aromatic heterocycles. The molecule has 2 heteroatoms. The first-order valence-corrected chi connectivity index (χ1v) is 5.90. The highest BCUT2D eigenvalue weighted by Crippen LogP contribution is 2.16. The lowest BCUT2D eigenvalue weighted by atomic mass is 10.1. The molecule has 0 atom stereocenters. The second-order valence-electron chi connectivity index (χ2n) is 4.39. The number of quaternary nitrogens is 1. The van der Waals surface area contributed by atoms with Crippen molar-refractivity contribution in [2.45, 2.75) is 19.3 Å². The maximum Gasteiger partial charge on any atom is 0.141 e. The van der Waals surface area contributed by atoms with Crippen molar-refractivity contribution in [2.24, 2.45) is 0 Å². The van der Waals surface area contributed by atoms with E-state index in [2.05, 4.69) is 11.8 Å². The van der Waals surface area contributed by atoms with E-state index in [1.807, 2.05) is 30.3 Å². The van der Waals surface area contributed by atoms with Crippen LogP contribution in [0.2, 0.25) is 0 Å². The summed E-state index contributed by atoms with van der Waals surface area (Å²) >= 11 is 0. The Bertz CT molecular complexity index is 382. The third kappa shape index (κ3) is 3.10. The van der Waals surface area contributed by atoms with Gasteiger partial charge in [-0.05, 0) is 37.3 Å². The third-order valence-corrected chi connectivity index (χ3v) is 3.00. The first kappa shape index (κ1) is 11.2. The molecule has 0 bridgehead atoms. The van der Waals surface area contributed by atoms with Crippen LogP contribution in [-0.2, 0) is 0 Å². The molecule has 16 heavy (non-hydrogen) atoms. The molecule has 0 spiro atoms. The normalized spacial score (nSPS) is 18.6. The van der Waals surface area contributed by atoms with Gasteiger partial charge in [0.15, 0.2) is 0 Å². The summed E-state index contributed by atoms with van der Waals surface area (Å²) in [5.74, 6) is 6.07. The van der Waals surface area contributed by atoms with E-state index in [-0.39, 0.29) is 4.65 Å². The topological polar surface area (TPSA) is 23.1 Å². The summed E-state index contributed by atoms with van der Waals surface area (Å²) in [6.07, 6.45) is 3.31. The van der Waals surface area contributed by atoms with Crippen LogP contribution in [0.1, 0.15) is 24.8 Å². The molecule has 2 rings (SSSR count). The number of hydrogen-bond donors (Lipinski definition) is 0. The van der Waals surface area contributed by atoms with E-state index in [1.165, 1.54) is 6.42 Å². The number of likely N-dealkylation sites (tertiary alicyclic amines) is 1. The van der Waals surface area contributed by atoms with Gasteiger partial charge < -0.3 is 9.85 Å². The van der Waals surface area contributed by atoms with Gasteiger partial charge in [0.25, 0.3) is 0 Å². The Labute approximate surface area is 97.1 Å². The molecule has 0 unspecified atom stereocenters. The predicted molar refractivity (Wildman–Crippen MR) is 65.4 cm³/mol. The minimum atomic E-state index is -0.111. The van der Waals surface area contributed by atoms with Gasteiger partial charge in [-0.15, -0.1) is 0 Å². The highest BCUT2D eigenvalue weighted by Gasteiger charge is 2.18. The van der Waals surface area contributed by atoms with Crippen LogP contribution in [0.5, 0.6) is 0 Å². The summed E-state index contributed by atoms with van der Waals surface area (Å²) in [6.45, 7) is 1.92. The number of hydroxylamine groups is 3. The molecule has 1 fully saturated rings. The zero-order valence-electron chi connectivity index (χ0n) is 9.48. The molecule has 1 aromatic rings. The van der Waals surface area contributed by atoms with Crippen LogP contribution in [0, 0.1) is 17.0 Å². The lowest BCUT2D eigenvalue weighted by molar-refractivity contribution is -0.878. The Kier molecular flexibility index (Phi) is 3.61. The van der Waals surface area contributed by atoms with Gasteiger partial charge in [0.1, 0.15) is 6.54 Å². The summed E-state index contributed by atoms with van der Waals surface area (Å²) in [5, 5.41) is 12.1. The minimum Gasteiger partial charge on any atom is -0.632 e. The summed E-state index contributed by atoms with van der Waals surface area (Å²) in [7, 11) is 0. The van der Waals surface area contributed by atoms with Crippen molar-refractivity contribution in [3.8, 4) is 11.8 Å². The van der Waals surface area contributed by atoms with E-state index < -0.39 is 0 Å². The van der Waals surface area contributed by atoms with Crippen LogP contribution < -0.4 is 0 Å². The molecular formula is C14H17NO. The smallest absolute Gasteiger partial charge is 0.141 e. The van der Waals surface area contributed by atoms with Gasteiger partial charge in [0.2, 0.25) is 0 Å². The van der Waals surface area contributed by atoms with Crippen molar-refractivity contribution < 1.29 is 4.65 Å². The highest BCUT2D eigenvalue weighted by molar-refractivity contribution is 5.33.